The molecule has 0 aliphatic rings. The lowest BCUT2D eigenvalue weighted by molar-refractivity contribution is -0.150. The lowest BCUT2D eigenvalue weighted by Crippen LogP contribution is -2.45. The molecule has 9 nitrogen and oxygen atoms in total. The van der Waals surface area contributed by atoms with Crippen LogP contribution in [0.1, 0.15) is 13.3 Å². The Bertz CT molecular complexity index is 299. The van der Waals surface area contributed by atoms with Gasteiger partial charge in [-0.15, -0.1) is 0 Å². The predicted octanol–water partition coefficient (Wildman–Crippen LogP) is -3.61. The number of aliphatic hydroxyl groups is 7. The van der Waals surface area contributed by atoms with E-state index in [1.54, 1.807) is 0 Å². The van der Waals surface area contributed by atoms with E-state index in [1.165, 1.54) is 6.92 Å². The van der Waals surface area contributed by atoms with Crippen LogP contribution in [0.4, 0.5) is 0 Å². The molecule has 7 N–H and O–H groups in total. The first-order valence-corrected chi connectivity index (χ1v) is 6.97. The lowest BCUT2D eigenvalue weighted by Gasteiger charge is -2.32. The van der Waals surface area contributed by atoms with Crippen LogP contribution in [0.25, 0.3) is 0 Å². The fourth-order valence-electron chi connectivity index (χ4n) is 1.93. The predicted molar refractivity (Wildman–Crippen MR) is 73.8 cm³/mol. The highest BCUT2D eigenvalue weighted by Crippen LogP contribution is 2.20. The van der Waals surface area contributed by atoms with Gasteiger partial charge in [0.05, 0.1) is 31.5 Å². The topological polar surface area (TPSA) is 168 Å². The zero-order valence-corrected chi connectivity index (χ0v) is 12.4. The third-order valence-corrected chi connectivity index (χ3v) is 3.43. The maximum Gasteiger partial charge on any atom is 0.151 e. The molecular formula is C13H26O9. The van der Waals surface area contributed by atoms with Gasteiger partial charge in [-0.3, -0.25) is 0 Å². The zero-order chi connectivity index (χ0) is 17.3. The second kappa shape index (κ2) is 11.0. The van der Waals surface area contributed by atoms with E-state index in [4.69, 9.17) is 14.9 Å². The van der Waals surface area contributed by atoms with Crippen molar-refractivity contribution in [1.29, 1.82) is 0 Å². The smallest absolute Gasteiger partial charge is 0.151 e. The molecule has 0 aliphatic carbocycles. The largest absolute Gasteiger partial charge is 0.396 e. The van der Waals surface area contributed by atoms with Crippen LogP contribution in [-0.4, -0.2) is 98.5 Å². The van der Waals surface area contributed by atoms with E-state index in [9.17, 15) is 30.3 Å². The number of carbonyl (C=O) groups is 1. The molecule has 0 aromatic heterocycles. The normalized spacial score (nSPS) is 21.5. The van der Waals surface area contributed by atoms with Gasteiger partial charge in [-0.05, 0) is 13.3 Å². The van der Waals surface area contributed by atoms with E-state index in [2.05, 4.69) is 0 Å². The first kappa shape index (κ1) is 21.4. The van der Waals surface area contributed by atoms with Gasteiger partial charge in [0.1, 0.15) is 18.3 Å². The Balaban J connectivity index is 4.98. The molecule has 0 spiro atoms. The van der Waals surface area contributed by atoms with Gasteiger partial charge in [-0.2, -0.15) is 0 Å². The average molecular weight is 326 g/mol. The summed E-state index contributed by atoms with van der Waals surface area (Å²) >= 11 is 0. The lowest BCUT2D eigenvalue weighted by atomic mass is 9.91. The highest BCUT2D eigenvalue weighted by atomic mass is 16.5. The maximum absolute atomic E-state index is 10.5. The monoisotopic (exact) mass is 326 g/mol. The second-order valence-corrected chi connectivity index (χ2v) is 5.18. The summed E-state index contributed by atoms with van der Waals surface area (Å²) in [6, 6.07) is 0. The van der Waals surface area contributed by atoms with Crippen molar-refractivity contribution < 1.29 is 45.3 Å². The van der Waals surface area contributed by atoms with E-state index in [0.717, 1.165) is 0 Å². The molecule has 0 rings (SSSR count). The van der Waals surface area contributed by atoms with Crippen molar-refractivity contribution in [3.05, 3.63) is 0 Å². The van der Waals surface area contributed by atoms with Gasteiger partial charge in [0.15, 0.2) is 6.29 Å². The van der Waals surface area contributed by atoms with E-state index in [1.807, 2.05) is 0 Å². The third kappa shape index (κ3) is 6.63. The van der Waals surface area contributed by atoms with Crippen LogP contribution in [-0.2, 0) is 9.53 Å². The van der Waals surface area contributed by atoms with Crippen LogP contribution in [0.5, 0.6) is 0 Å². The summed E-state index contributed by atoms with van der Waals surface area (Å²) in [6.45, 7) is -0.483. The van der Waals surface area contributed by atoms with Gasteiger partial charge >= 0.3 is 0 Å². The van der Waals surface area contributed by atoms with E-state index < -0.39 is 62.4 Å². The van der Waals surface area contributed by atoms with Crippen LogP contribution in [0.15, 0.2) is 0 Å². The molecule has 0 fully saturated rings. The van der Waals surface area contributed by atoms with E-state index >= 15 is 0 Å². The Hall–Kier alpha value is -0.650. The highest BCUT2D eigenvalue weighted by molar-refractivity contribution is 5.56. The summed E-state index contributed by atoms with van der Waals surface area (Å²) in [7, 11) is 0. The molecule has 0 aliphatic heterocycles. The highest BCUT2D eigenvalue weighted by Gasteiger charge is 2.33. The van der Waals surface area contributed by atoms with Gasteiger partial charge in [0.25, 0.3) is 0 Å². The van der Waals surface area contributed by atoms with Crippen molar-refractivity contribution in [1.82, 2.24) is 0 Å². The van der Waals surface area contributed by atoms with E-state index in [0.29, 0.717) is 0 Å². The van der Waals surface area contributed by atoms with Crippen LogP contribution in [0.2, 0.25) is 0 Å². The van der Waals surface area contributed by atoms with Crippen LogP contribution < -0.4 is 0 Å². The van der Waals surface area contributed by atoms with E-state index in [-0.39, 0.29) is 12.7 Å². The van der Waals surface area contributed by atoms with Crippen LogP contribution in [0, 0.1) is 5.92 Å². The fraction of sp³-hybridized carbons (Fsp3) is 0.923. The van der Waals surface area contributed by atoms with Gasteiger partial charge in [0, 0.05) is 12.5 Å². The first-order chi connectivity index (χ1) is 10.3. The molecule has 0 aromatic rings. The quantitative estimate of drug-likeness (QED) is 0.179. The van der Waals surface area contributed by atoms with Crippen molar-refractivity contribution in [2.75, 3.05) is 19.8 Å². The Morgan fingerprint density at radius 2 is 1.55 bits per heavy atom. The Kier molecular flexibility index (Phi) is 10.6. The SMILES string of the molecule is C[C@@H](O)C(CO)OC(CC(CO)C(O)[C@H](O)C=O)[C@@H](O)CO. The number of aldehydes is 1. The molecule has 9 heteroatoms. The van der Waals surface area contributed by atoms with Crippen LogP contribution >= 0.6 is 0 Å². The summed E-state index contributed by atoms with van der Waals surface area (Å²) < 4.78 is 5.31. The molecule has 0 bridgehead atoms. The summed E-state index contributed by atoms with van der Waals surface area (Å²) in [4.78, 5) is 10.5. The number of ether oxygens (including phenoxy) is 1. The van der Waals surface area contributed by atoms with Crippen molar-refractivity contribution in [3.63, 3.8) is 0 Å². The zero-order valence-electron chi connectivity index (χ0n) is 12.4. The Labute approximate surface area is 128 Å². The fourth-order valence-corrected chi connectivity index (χ4v) is 1.93. The molecule has 0 amide bonds. The minimum Gasteiger partial charge on any atom is -0.396 e. The molecule has 0 radical (unpaired) electrons. The summed E-state index contributed by atoms with van der Waals surface area (Å²) in [5.41, 5.74) is 0. The molecule has 132 valence electrons. The number of rotatable bonds is 12. The molecule has 7 atom stereocenters. The average Bonchev–Trinajstić information content (AvgIpc) is 2.52. The maximum atomic E-state index is 10.5. The van der Waals surface area contributed by atoms with Gasteiger partial charge in [-0.1, -0.05) is 0 Å². The number of hydrogen-bond donors (Lipinski definition) is 7. The summed E-state index contributed by atoms with van der Waals surface area (Å²) in [5, 5.41) is 65.6. The van der Waals surface area contributed by atoms with Crippen molar-refractivity contribution in [2.24, 2.45) is 5.92 Å². The van der Waals surface area contributed by atoms with Crippen molar-refractivity contribution >= 4 is 6.29 Å². The van der Waals surface area contributed by atoms with Crippen molar-refractivity contribution in [2.45, 2.75) is 50.0 Å². The number of aliphatic hydroxyl groups excluding tert-OH is 7. The summed E-state index contributed by atoms with van der Waals surface area (Å²) in [5.74, 6) is -1.01. The molecule has 0 saturated heterocycles. The second-order valence-electron chi connectivity index (χ2n) is 5.18. The Morgan fingerprint density at radius 3 is 1.91 bits per heavy atom. The molecule has 0 aromatic carbocycles. The van der Waals surface area contributed by atoms with Crippen molar-refractivity contribution in [3.8, 4) is 0 Å². The van der Waals surface area contributed by atoms with Gasteiger partial charge < -0.3 is 45.3 Å². The first-order valence-electron chi connectivity index (χ1n) is 6.97. The van der Waals surface area contributed by atoms with Gasteiger partial charge in [-0.25, -0.2) is 0 Å². The minimum absolute atomic E-state index is 0.109. The number of hydrogen-bond acceptors (Lipinski definition) is 9. The standard InChI is InChI=1S/C13H26O9/c1-7(18)12(6-17)22-11(9(19)4-15)2-8(3-14)13(21)10(20)5-16/h5,7-15,17-21H,2-4,6H2,1H3/t7-,8?,9+,10-,11?,12?,13?/m1/s1. The third-order valence-electron chi connectivity index (χ3n) is 3.43. The Morgan fingerprint density at radius 1 is 0.955 bits per heavy atom. The molecule has 0 heterocycles. The molecule has 22 heavy (non-hydrogen) atoms. The van der Waals surface area contributed by atoms with Gasteiger partial charge in [0.2, 0.25) is 0 Å². The summed E-state index contributed by atoms with van der Waals surface area (Å²) in [6.07, 6.45) is -8.04. The molecule has 0 saturated carbocycles. The minimum atomic E-state index is -1.71. The molecular weight excluding hydrogens is 300 g/mol. The number of carbonyl (C=O) groups excluding carboxylic acids is 1. The molecule has 4 unspecified atom stereocenters. The van der Waals surface area contributed by atoms with Crippen LogP contribution in [0.3, 0.4) is 0 Å².